The molecule has 7 heteroatoms. The summed E-state index contributed by atoms with van der Waals surface area (Å²) in [6, 6.07) is 19.7. The number of methoxy groups -OCH3 is 1. The van der Waals surface area contributed by atoms with Gasteiger partial charge in [0.2, 0.25) is 0 Å². The number of carbonyl (C=O) groups excluding carboxylic acids is 1. The van der Waals surface area contributed by atoms with Crippen molar-refractivity contribution >= 4 is 11.8 Å². The van der Waals surface area contributed by atoms with Gasteiger partial charge in [-0.2, -0.15) is 0 Å². The third-order valence-electron chi connectivity index (χ3n) is 5.89. The minimum atomic E-state index is -0.320. The van der Waals surface area contributed by atoms with Gasteiger partial charge < -0.3 is 19.1 Å². The molecule has 0 bridgehead atoms. The van der Waals surface area contributed by atoms with Crippen LogP contribution in [-0.2, 0) is 17.9 Å². The SMILES string of the molecule is COc1cccc(COc2ccc(CN3CCN(c4ncccc4C(=O)OC(C)C)CC3)cc2)c1. The molecule has 0 amide bonds. The van der Waals surface area contributed by atoms with Crippen LogP contribution in [0.15, 0.2) is 66.9 Å². The highest BCUT2D eigenvalue weighted by Crippen LogP contribution is 2.22. The van der Waals surface area contributed by atoms with Crippen LogP contribution in [0.3, 0.4) is 0 Å². The topological polar surface area (TPSA) is 64.1 Å². The lowest BCUT2D eigenvalue weighted by molar-refractivity contribution is 0.0378. The van der Waals surface area contributed by atoms with E-state index in [1.54, 1.807) is 25.4 Å². The molecule has 7 nitrogen and oxygen atoms in total. The summed E-state index contributed by atoms with van der Waals surface area (Å²) in [5, 5.41) is 0. The summed E-state index contributed by atoms with van der Waals surface area (Å²) < 4.78 is 16.6. The zero-order valence-corrected chi connectivity index (χ0v) is 20.6. The predicted octanol–water partition coefficient (Wildman–Crippen LogP) is 4.56. The van der Waals surface area contributed by atoms with Gasteiger partial charge in [0.05, 0.1) is 13.2 Å². The first kappa shape index (κ1) is 24.5. The van der Waals surface area contributed by atoms with E-state index in [-0.39, 0.29) is 12.1 Å². The molecule has 1 aromatic heterocycles. The van der Waals surface area contributed by atoms with Crippen molar-refractivity contribution in [1.82, 2.24) is 9.88 Å². The van der Waals surface area contributed by atoms with E-state index < -0.39 is 0 Å². The second-order valence-electron chi connectivity index (χ2n) is 8.88. The first-order chi connectivity index (χ1) is 17.0. The molecule has 1 aliphatic rings. The van der Waals surface area contributed by atoms with Crippen LogP contribution >= 0.6 is 0 Å². The van der Waals surface area contributed by atoms with Gasteiger partial charge in [-0.05, 0) is 61.4 Å². The molecule has 35 heavy (non-hydrogen) atoms. The summed E-state index contributed by atoms with van der Waals surface area (Å²) in [7, 11) is 1.66. The molecule has 1 saturated heterocycles. The molecule has 1 fully saturated rings. The Morgan fingerprint density at radius 1 is 0.943 bits per heavy atom. The van der Waals surface area contributed by atoms with Crippen molar-refractivity contribution in [3.8, 4) is 11.5 Å². The fourth-order valence-corrected chi connectivity index (χ4v) is 4.08. The van der Waals surface area contributed by atoms with E-state index in [9.17, 15) is 4.79 Å². The van der Waals surface area contributed by atoms with Crippen LogP contribution in [0.4, 0.5) is 5.82 Å². The Hall–Kier alpha value is -3.58. The number of ether oxygens (including phenoxy) is 3. The maximum atomic E-state index is 12.5. The molecule has 0 saturated carbocycles. The Morgan fingerprint density at radius 2 is 1.71 bits per heavy atom. The van der Waals surface area contributed by atoms with Crippen molar-refractivity contribution in [3.05, 3.63) is 83.6 Å². The van der Waals surface area contributed by atoms with Crippen molar-refractivity contribution in [3.63, 3.8) is 0 Å². The van der Waals surface area contributed by atoms with Crippen LogP contribution in [0.25, 0.3) is 0 Å². The fraction of sp³-hybridized carbons (Fsp3) is 0.357. The van der Waals surface area contributed by atoms with E-state index in [0.29, 0.717) is 18.0 Å². The van der Waals surface area contributed by atoms with Gasteiger partial charge in [-0.25, -0.2) is 9.78 Å². The largest absolute Gasteiger partial charge is 0.497 e. The lowest BCUT2D eigenvalue weighted by atomic mass is 10.1. The number of rotatable bonds is 9. The van der Waals surface area contributed by atoms with Crippen LogP contribution in [0.1, 0.15) is 35.3 Å². The molecule has 0 N–H and O–H groups in total. The van der Waals surface area contributed by atoms with E-state index in [4.69, 9.17) is 14.2 Å². The van der Waals surface area contributed by atoms with Crippen LogP contribution < -0.4 is 14.4 Å². The molecule has 0 radical (unpaired) electrons. The summed E-state index contributed by atoms with van der Waals surface area (Å²) in [5.41, 5.74) is 2.84. The second kappa shape index (κ2) is 11.7. The molecule has 0 atom stereocenters. The maximum absolute atomic E-state index is 12.5. The Morgan fingerprint density at radius 3 is 2.43 bits per heavy atom. The van der Waals surface area contributed by atoms with Crippen molar-refractivity contribution in [1.29, 1.82) is 0 Å². The molecule has 4 rings (SSSR count). The number of esters is 1. The van der Waals surface area contributed by atoms with Crippen molar-refractivity contribution in [2.45, 2.75) is 33.1 Å². The Labute approximate surface area is 207 Å². The number of benzene rings is 2. The number of carbonyl (C=O) groups is 1. The smallest absolute Gasteiger partial charge is 0.342 e. The summed E-state index contributed by atoms with van der Waals surface area (Å²) in [4.78, 5) is 21.6. The second-order valence-corrected chi connectivity index (χ2v) is 8.88. The average Bonchev–Trinajstić information content (AvgIpc) is 2.88. The zero-order valence-electron chi connectivity index (χ0n) is 20.6. The van der Waals surface area contributed by atoms with Crippen molar-refractivity contribution in [2.75, 3.05) is 38.2 Å². The van der Waals surface area contributed by atoms with Crippen LogP contribution in [0.5, 0.6) is 11.5 Å². The van der Waals surface area contributed by atoms with Gasteiger partial charge in [-0.1, -0.05) is 24.3 Å². The lowest BCUT2D eigenvalue weighted by Crippen LogP contribution is -2.46. The number of pyridine rings is 1. The Balaban J connectivity index is 1.28. The number of aromatic nitrogens is 1. The molecule has 0 unspecified atom stereocenters. The third kappa shape index (κ3) is 6.73. The van der Waals surface area contributed by atoms with E-state index in [1.165, 1.54) is 5.56 Å². The molecular weight excluding hydrogens is 442 g/mol. The maximum Gasteiger partial charge on any atom is 0.342 e. The van der Waals surface area contributed by atoms with Crippen molar-refractivity contribution < 1.29 is 19.0 Å². The Bertz CT molecular complexity index is 1110. The lowest BCUT2D eigenvalue weighted by Gasteiger charge is -2.36. The van der Waals surface area contributed by atoms with E-state index in [1.807, 2.05) is 50.2 Å². The molecule has 1 aliphatic heterocycles. The van der Waals surface area contributed by atoms with Crippen LogP contribution in [0.2, 0.25) is 0 Å². The number of hydrogen-bond acceptors (Lipinski definition) is 7. The first-order valence-electron chi connectivity index (χ1n) is 12.0. The molecule has 0 spiro atoms. The first-order valence-corrected chi connectivity index (χ1v) is 12.0. The van der Waals surface area contributed by atoms with E-state index in [0.717, 1.165) is 49.8 Å². The third-order valence-corrected chi connectivity index (χ3v) is 5.89. The fourth-order valence-electron chi connectivity index (χ4n) is 4.08. The number of anilines is 1. The van der Waals surface area contributed by atoms with Gasteiger partial charge >= 0.3 is 5.97 Å². The van der Waals surface area contributed by atoms with Crippen molar-refractivity contribution in [2.24, 2.45) is 0 Å². The van der Waals surface area contributed by atoms with E-state index in [2.05, 4.69) is 26.9 Å². The summed E-state index contributed by atoms with van der Waals surface area (Å²) >= 11 is 0. The summed E-state index contributed by atoms with van der Waals surface area (Å²) in [5.74, 6) is 2.06. The summed E-state index contributed by atoms with van der Waals surface area (Å²) in [6.45, 7) is 8.47. The zero-order chi connectivity index (χ0) is 24.6. The molecule has 3 aromatic rings. The minimum Gasteiger partial charge on any atom is -0.497 e. The van der Waals surface area contributed by atoms with Crippen LogP contribution in [0, 0.1) is 0 Å². The molecule has 2 heterocycles. The highest BCUT2D eigenvalue weighted by molar-refractivity contribution is 5.94. The Kier molecular flexibility index (Phi) is 8.21. The highest BCUT2D eigenvalue weighted by atomic mass is 16.5. The van der Waals surface area contributed by atoms with Gasteiger partial charge in [0.1, 0.15) is 29.5 Å². The monoisotopic (exact) mass is 475 g/mol. The number of hydrogen-bond donors (Lipinski definition) is 0. The highest BCUT2D eigenvalue weighted by Gasteiger charge is 2.23. The van der Waals surface area contributed by atoms with Gasteiger partial charge in [-0.3, -0.25) is 4.90 Å². The molecule has 0 aliphatic carbocycles. The molecule has 184 valence electrons. The number of piperazine rings is 1. The molecule has 2 aromatic carbocycles. The summed E-state index contributed by atoms with van der Waals surface area (Å²) in [6.07, 6.45) is 1.57. The van der Waals surface area contributed by atoms with Gasteiger partial charge in [-0.15, -0.1) is 0 Å². The van der Waals surface area contributed by atoms with Crippen LogP contribution in [-0.4, -0.2) is 55.2 Å². The van der Waals surface area contributed by atoms with Gasteiger partial charge in [0.15, 0.2) is 0 Å². The minimum absolute atomic E-state index is 0.161. The normalized spacial score (nSPS) is 14.1. The van der Waals surface area contributed by atoms with E-state index >= 15 is 0 Å². The van der Waals surface area contributed by atoms with Gasteiger partial charge in [0.25, 0.3) is 0 Å². The predicted molar refractivity (Wildman–Crippen MR) is 136 cm³/mol. The van der Waals surface area contributed by atoms with Gasteiger partial charge in [0, 0.05) is 38.9 Å². The number of nitrogens with zero attached hydrogens (tertiary/aromatic N) is 3. The average molecular weight is 476 g/mol. The standard InChI is InChI=1S/C28H33N3O4/c1-21(2)35-28(32)26-8-5-13-29-27(26)31-16-14-30(15-17-31)19-22-9-11-24(12-10-22)34-20-23-6-4-7-25(18-23)33-3/h4-13,18,21H,14-17,19-20H2,1-3H3. The quantitative estimate of drug-likeness (QED) is 0.421. The molecular formula is C28H33N3O4.